The molecule has 8 heteroatoms. The first-order valence-electron chi connectivity index (χ1n) is 5.25. The van der Waals surface area contributed by atoms with E-state index in [-0.39, 0.29) is 18.3 Å². The van der Waals surface area contributed by atoms with Gasteiger partial charge in [-0.1, -0.05) is 0 Å². The Labute approximate surface area is 96.8 Å². The summed E-state index contributed by atoms with van der Waals surface area (Å²) in [6.45, 7) is 0.0989. The van der Waals surface area contributed by atoms with E-state index in [1.807, 2.05) is 0 Å². The van der Waals surface area contributed by atoms with Gasteiger partial charge in [0, 0.05) is 6.54 Å². The zero-order valence-electron chi connectivity index (χ0n) is 9.09. The molecular weight excluding hydrogens is 226 g/mol. The van der Waals surface area contributed by atoms with Gasteiger partial charge in [0.2, 0.25) is 11.8 Å². The third kappa shape index (κ3) is 2.92. The van der Waals surface area contributed by atoms with Crippen LogP contribution < -0.4 is 5.73 Å². The molecule has 1 saturated carbocycles. The Morgan fingerprint density at radius 2 is 2.24 bits per heavy atom. The normalized spacial score (nSPS) is 14.6. The maximum atomic E-state index is 11.9. The molecule has 2 rings (SSSR count). The number of aromatic amines is 1. The van der Waals surface area contributed by atoms with Crippen LogP contribution >= 0.6 is 0 Å². The highest BCUT2D eigenvalue weighted by molar-refractivity contribution is 5.92. The highest BCUT2D eigenvalue weighted by Crippen LogP contribution is 2.29. The van der Waals surface area contributed by atoms with Crippen LogP contribution in [0, 0.1) is 5.92 Å². The van der Waals surface area contributed by atoms with Crippen molar-refractivity contribution in [2.24, 2.45) is 5.92 Å². The van der Waals surface area contributed by atoms with Gasteiger partial charge in [-0.25, -0.2) is 0 Å². The number of aromatic nitrogens is 3. The van der Waals surface area contributed by atoms with E-state index in [1.54, 1.807) is 0 Å². The summed E-state index contributed by atoms with van der Waals surface area (Å²) in [7, 11) is 0. The van der Waals surface area contributed by atoms with Gasteiger partial charge in [0.25, 0.3) is 5.91 Å². The lowest BCUT2D eigenvalue weighted by atomic mass is 10.3. The summed E-state index contributed by atoms with van der Waals surface area (Å²) in [5.41, 5.74) is 5.29. The second kappa shape index (κ2) is 4.40. The van der Waals surface area contributed by atoms with E-state index in [0.717, 1.165) is 12.8 Å². The minimum atomic E-state index is -1.05. The van der Waals surface area contributed by atoms with Crippen LogP contribution in [0.15, 0.2) is 0 Å². The fourth-order valence-electron chi connectivity index (χ4n) is 1.51. The van der Waals surface area contributed by atoms with Gasteiger partial charge < -0.3 is 15.7 Å². The van der Waals surface area contributed by atoms with Crippen LogP contribution in [-0.4, -0.2) is 50.2 Å². The lowest BCUT2D eigenvalue weighted by Gasteiger charge is -2.18. The van der Waals surface area contributed by atoms with E-state index in [0.29, 0.717) is 12.5 Å². The highest BCUT2D eigenvalue weighted by atomic mass is 16.4. The molecule has 1 amide bonds. The summed E-state index contributed by atoms with van der Waals surface area (Å²) in [5.74, 6) is -1.19. The predicted octanol–water partition coefficient (Wildman–Crippen LogP) is -0.676. The minimum absolute atomic E-state index is 0.0237. The highest BCUT2D eigenvalue weighted by Gasteiger charge is 2.29. The number of nitrogens with two attached hydrogens (primary N) is 1. The van der Waals surface area contributed by atoms with Crippen molar-refractivity contribution in [3.63, 3.8) is 0 Å². The number of hydrogen-bond acceptors (Lipinski definition) is 5. The number of carbonyl (C=O) groups is 2. The number of anilines is 1. The Hall–Kier alpha value is -2.12. The molecule has 0 aromatic carbocycles. The van der Waals surface area contributed by atoms with Crippen molar-refractivity contribution in [3.05, 3.63) is 5.82 Å². The Morgan fingerprint density at radius 3 is 2.71 bits per heavy atom. The van der Waals surface area contributed by atoms with E-state index >= 15 is 0 Å². The molecule has 0 unspecified atom stereocenters. The lowest BCUT2D eigenvalue weighted by molar-refractivity contribution is -0.137. The van der Waals surface area contributed by atoms with Crippen LogP contribution in [0.5, 0.6) is 0 Å². The fraction of sp³-hybridized carbons (Fsp3) is 0.556. The third-order valence-corrected chi connectivity index (χ3v) is 2.49. The van der Waals surface area contributed by atoms with Gasteiger partial charge in [0.15, 0.2) is 0 Å². The SMILES string of the molecule is Nc1n[nH]c(C(=O)N(CC(=O)O)CC2CC2)n1. The van der Waals surface area contributed by atoms with E-state index < -0.39 is 11.9 Å². The van der Waals surface area contributed by atoms with Crippen molar-refractivity contribution in [1.29, 1.82) is 0 Å². The number of carboxylic acid groups (broad SMARTS) is 1. The number of carboxylic acids is 1. The van der Waals surface area contributed by atoms with Crippen LogP contribution in [0.25, 0.3) is 0 Å². The second-order valence-electron chi connectivity index (χ2n) is 4.07. The summed E-state index contributed by atoms with van der Waals surface area (Å²) in [6, 6.07) is 0. The molecule has 92 valence electrons. The average Bonchev–Trinajstić information content (AvgIpc) is 2.96. The fourth-order valence-corrected chi connectivity index (χ4v) is 1.51. The molecule has 1 aromatic rings. The molecule has 1 fully saturated rings. The Bertz CT molecular complexity index is 440. The molecule has 8 nitrogen and oxygen atoms in total. The van der Waals surface area contributed by atoms with Crippen molar-refractivity contribution in [2.45, 2.75) is 12.8 Å². The topological polar surface area (TPSA) is 125 Å². The number of H-pyrrole nitrogens is 1. The maximum absolute atomic E-state index is 11.9. The van der Waals surface area contributed by atoms with E-state index in [2.05, 4.69) is 15.2 Å². The first kappa shape index (κ1) is 11.4. The summed E-state index contributed by atoms with van der Waals surface area (Å²) in [5, 5.41) is 14.7. The molecule has 4 N–H and O–H groups in total. The van der Waals surface area contributed by atoms with Gasteiger partial charge in [-0.15, -0.1) is 5.10 Å². The smallest absolute Gasteiger partial charge is 0.323 e. The number of nitrogens with one attached hydrogen (secondary N) is 1. The number of hydrogen-bond donors (Lipinski definition) is 3. The summed E-state index contributed by atoms with van der Waals surface area (Å²) >= 11 is 0. The van der Waals surface area contributed by atoms with Gasteiger partial charge in [-0.3, -0.25) is 14.7 Å². The van der Waals surface area contributed by atoms with E-state index in [1.165, 1.54) is 4.90 Å². The first-order chi connectivity index (χ1) is 8.06. The van der Waals surface area contributed by atoms with Gasteiger partial charge in [0.1, 0.15) is 6.54 Å². The number of carbonyl (C=O) groups excluding carboxylic acids is 1. The summed E-state index contributed by atoms with van der Waals surface area (Å²) < 4.78 is 0. The zero-order valence-corrected chi connectivity index (χ0v) is 9.09. The molecule has 1 aromatic heterocycles. The van der Waals surface area contributed by atoms with Crippen LogP contribution in [0.1, 0.15) is 23.5 Å². The number of nitrogens with zero attached hydrogens (tertiary/aromatic N) is 3. The van der Waals surface area contributed by atoms with Gasteiger partial charge in [0.05, 0.1) is 0 Å². The number of nitrogen functional groups attached to an aromatic ring is 1. The van der Waals surface area contributed by atoms with Crippen LogP contribution in [0.4, 0.5) is 5.95 Å². The van der Waals surface area contributed by atoms with Crippen LogP contribution in [-0.2, 0) is 4.79 Å². The Kier molecular flexibility index (Phi) is 2.94. The summed E-state index contributed by atoms with van der Waals surface area (Å²) in [4.78, 5) is 27.6. The molecule has 0 bridgehead atoms. The monoisotopic (exact) mass is 239 g/mol. The molecule has 1 aliphatic rings. The van der Waals surface area contributed by atoms with E-state index in [9.17, 15) is 9.59 Å². The quantitative estimate of drug-likeness (QED) is 0.625. The summed E-state index contributed by atoms with van der Waals surface area (Å²) in [6.07, 6.45) is 2.06. The average molecular weight is 239 g/mol. The van der Waals surface area contributed by atoms with Gasteiger partial charge in [-0.2, -0.15) is 4.98 Å². The maximum Gasteiger partial charge on any atom is 0.323 e. The number of amides is 1. The second-order valence-corrected chi connectivity index (χ2v) is 4.07. The van der Waals surface area contributed by atoms with Crippen molar-refractivity contribution in [1.82, 2.24) is 20.1 Å². The lowest BCUT2D eigenvalue weighted by Crippen LogP contribution is -2.37. The van der Waals surface area contributed by atoms with Crippen LogP contribution in [0.3, 0.4) is 0 Å². The molecule has 0 atom stereocenters. The molecule has 1 aliphatic carbocycles. The molecule has 1 heterocycles. The van der Waals surface area contributed by atoms with Crippen molar-refractivity contribution < 1.29 is 14.7 Å². The predicted molar refractivity (Wildman–Crippen MR) is 57.1 cm³/mol. The molecule has 0 spiro atoms. The third-order valence-electron chi connectivity index (χ3n) is 2.49. The zero-order chi connectivity index (χ0) is 12.4. The largest absolute Gasteiger partial charge is 0.480 e. The Morgan fingerprint density at radius 1 is 1.53 bits per heavy atom. The van der Waals surface area contributed by atoms with Gasteiger partial charge in [-0.05, 0) is 18.8 Å². The number of rotatable bonds is 5. The molecule has 0 aliphatic heterocycles. The molecule has 0 saturated heterocycles. The molecule has 0 radical (unpaired) electrons. The minimum Gasteiger partial charge on any atom is -0.480 e. The van der Waals surface area contributed by atoms with Crippen LogP contribution in [0.2, 0.25) is 0 Å². The molecule has 17 heavy (non-hydrogen) atoms. The standard InChI is InChI=1S/C9H13N5O3/c10-9-11-7(12-13-9)8(17)14(4-6(15)16)3-5-1-2-5/h5H,1-4H2,(H,15,16)(H3,10,11,12,13). The van der Waals surface area contributed by atoms with E-state index in [4.69, 9.17) is 10.8 Å². The van der Waals surface area contributed by atoms with Crippen molar-refractivity contribution >= 4 is 17.8 Å². The Balaban J connectivity index is 2.07. The van der Waals surface area contributed by atoms with Crippen molar-refractivity contribution in [2.75, 3.05) is 18.8 Å². The number of aliphatic carboxylic acids is 1. The first-order valence-corrected chi connectivity index (χ1v) is 5.25. The molecular formula is C9H13N5O3. The van der Waals surface area contributed by atoms with Crippen molar-refractivity contribution in [3.8, 4) is 0 Å². The van der Waals surface area contributed by atoms with Gasteiger partial charge >= 0.3 is 5.97 Å².